The third-order valence-corrected chi connectivity index (χ3v) is 8.85. The lowest BCUT2D eigenvalue weighted by molar-refractivity contribution is 0.0112. The Morgan fingerprint density at radius 1 is 1.25 bits per heavy atom. The third kappa shape index (κ3) is 6.47. The number of ether oxygens (including phenoxy) is 1. The average Bonchev–Trinajstić information content (AvgIpc) is 2.97. The molecule has 0 saturated heterocycles. The Balaban J connectivity index is 1.45. The van der Waals surface area contributed by atoms with E-state index in [0.29, 0.717) is 12.0 Å². The van der Waals surface area contributed by atoms with Gasteiger partial charge in [0.15, 0.2) is 0 Å². The molecule has 0 aliphatic heterocycles. The molecule has 3 rings (SSSR count). The van der Waals surface area contributed by atoms with E-state index < -0.39 is 8.07 Å². The number of hydrogen-bond acceptors (Lipinski definition) is 4. The van der Waals surface area contributed by atoms with Crippen molar-refractivity contribution < 1.29 is 9.53 Å². The Labute approximate surface area is 193 Å². The summed E-state index contributed by atoms with van der Waals surface area (Å²) >= 11 is 0. The smallest absolute Gasteiger partial charge is 0.348 e. The van der Waals surface area contributed by atoms with Crippen LogP contribution >= 0.6 is 0 Å². The topological polar surface area (TPSA) is 90.2 Å². The Morgan fingerprint density at radius 2 is 1.94 bits per heavy atom. The first-order valence-corrected chi connectivity index (χ1v) is 16.1. The predicted molar refractivity (Wildman–Crippen MR) is 130 cm³/mol. The van der Waals surface area contributed by atoms with Crippen molar-refractivity contribution in [2.75, 3.05) is 13.2 Å². The molecule has 0 atom stereocenters. The van der Waals surface area contributed by atoms with E-state index in [4.69, 9.17) is 4.74 Å². The van der Waals surface area contributed by atoms with E-state index in [0.717, 1.165) is 69.8 Å². The second-order valence-electron chi connectivity index (χ2n) is 11.1. The first-order chi connectivity index (χ1) is 15.1. The summed E-state index contributed by atoms with van der Waals surface area (Å²) in [6, 6.07) is 1.55. The minimum atomic E-state index is -1.14. The molecule has 0 unspecified atom stereocenters. The third-order valence-electron chi connectivity index (χ3n) is 7.15. The summed E-state index contributed by atoms with van der Waals surface area (Å²) < 4.78 is 9.09. The van der Waals surface area contributed by atoms with Gasteiger partial charge in [0.25, 0.3) is 0 Å². The van der Waals surface area contributed by atoms with Gasteiger partial charge in [-0.25, -0.2) is 9.59 Å². The van der Waals surface area contributed by atoms with Gasteiger partial charge in [-0.05, 0) is 63.3 Å². The van der Waals surface area contributed by atoms with Crippen LogP contribution in [0.25, 0.3) is 0 Å². The van der Waals surface area contributed by atoms with Crippen molar-refractivity contribution >= 4 is 14.1 Å². The van der Waals surface area contributed by atoms with Gasteiger partial charge in [0.2, 0.25) is 0 Å². The van der Waals surface area contributed by atoms with Crippen LogP contribution in [0.15, 0.2) is 4.79 Å². The zero-order valence-corrected chi connectivity index (χ0v) is 21.7. The van der Waals surface area contributed by atoms with Gasteiger partial charge in [0.1, 0.15) is 12.6 Å². The molecule has 2 amide bonds. The van der Waals surface area contributed by atoms with E-state index in [9.17, 15) is 9.59 Å². The fraction of sp³-hybridized carbons (Fsp3) is 0.870. The van der Waals surface area contributed by atoms with Crippen LogP contribution in [0.3, 0.4) is 0 Å². The van der Waals surface area contributed by atoms with Crippen molar-refractivity contribution in [3.63, 3.8) is 0 Å². The molecule has 1 aromatic heterocycles. The van der Waals surface area contributed by atoms with Crippen molar-refractivity contribution in [1.29, 1.82) is 0 Å². The number of carbonyl (C=O) groups is 1. The molecule has 32 heavy (non-hydrogen) atoms. The first-order valence-electron chi connectivity index (χ1n) is 12.4. The lowest BCUT2D eigenvalue weighted by atomic mass is 9.57. The second kappa shape index (κ2) is 10.5. The fourth-order valence-corrected chi connectivity index (χ4v) is 5.84. The van der Waals surface area contributed by atoms with E-state index in [2.05, 4.69) is 42.3 Å². The largest absolute Gasteiger partial charge is 0.359 e. The Kier molecular flexibility index (Phi) is 8.24. The number of hydrogen-bond donors (Lipinski definition) is 2. The highest BCUT2D eigenvalue weighted by atomic mass is 28.3. The number of carbonyl (C=O) groups excluding carboxylic acids is 1. The number of nitrogens with zero attached hydrogens (tertiary/aromatic N) is 3. The van der Waals surface area contributed by atoms with Crippen molar-refractivity contribution in [2.24, 2.45) is 5.41 Å². The van der Waals surface area contributed by atoms with E-state index in [1.54, 1.807) is 0 Å². The van der Waals surface area contributed by atoms with Crippen molar-refractivity contribution in [3.8, 4) is 0 Å². The van der Waals surface area contributed by atoms with Crippen LogP contribution in [0.4, 0.5) is 4.79 Å². The van der Waals surface area contributed by atoms with Crippen LogP contribution in [0.2, 0.25) is 25.7 Å². The van der Waals surface area contributed by atoms with E-state index >= 15 is 0 Å². The number of unbranched alkanes of at least 4 members (excludes halogenated alkanes) is 1. The van der Waals surface area contributed by atoms with E-state index in [-0.39, 0.29) is 30.5 Å². The summed E-state index contributed by atoms with van der Waals surface area (Å²) in [5.74, 6) is 0.780. The Bertz CT molecular complexity index is 813. The van der Waals surface area contributed by atoms with Crippen molar-refractivity contribution in [1.82, 2.24) is 25.0 Å². The van der Waals surface area contributed by atoms with Gasteiger partial charge in [-0.3, -0.25) is 4.57 Å². The van der Waals surface area contributed by atoms with Gasteiger partial charge >= 0.3 is 11.7 Å². The molecule has 1 aromatic rings. The van der Waals surface area contributed by atoms with Crippen LogP contribution < -0.4 is 16.3 Å². The average molecular weight is 466 g/mol. The zero-order valence-electron chi connectivity index (χ0n) is 20.7. The zero-order chi connectivity index (χ0) is 23.4. The molecular weight excluding hydrogens is 422 g/mol. The summed E-state index contributed by atoms with van der Waals surface area (Å²) in [5.41, 5.74) is 0.276. The monoisotopic (exact) mass is 465 g/mol. The van der Waals surface area contributed by atoms with Crippen LogP contribution in [0.5, 0.6) is 0 Å². The molecule has 1 spiro atoms. The van der Waals surface area contributed by atoms with Crippen LogP contribution in [-0.4, -0.2) is 47.6 Å². The molecule has 1 heterocycles. The van der Waals surface area contributed by atoms with Gasteiger partial charge in [-0.2, -0.15) is 9.78 Å². The number of nitrogens with one attached hydrogen (secondary N) is 2. The minimum Gasteiger partial charge on any atom is -0.359 e. The van der Waals surface area contributed by atoms with Gasteiger partial charge < -0.3 is 15.4 Å². The van der Waals surface area contributed by atoms with Gasteiger partial charge in [0.05, 0.1) is 0 Å². The molecule has 2 aliphatic carbocycles. The maximum Gasteiger partial charge on any atom is 0.348 e. The summed E-state index contributed by atoms with van der Waals surface area (Å²) in [6.07, 6.45) is 8.44. The highest BCUT2D eigenvalue weighted by Gasteiger charge is 2.47. The normalized spacial score (nSPS) is 25.5. The van der Waals surface area contributed by atoms with Crippen LogP contribution in [0.1, 0.15) is 70.2 Å². The lowest BCUT2D eigenvalue weighted by Gasteiger charge is -2.51. The molecule has 2 fully saturated rings. The summed E-state index contributed by atoms with van der Waals surface area (Å²) in [5, 5.41) is 10.5. The quantitative estimate of drug-likeness (QED) is 0.403. The molecule has 0 radical (unpaired) electrons. The van der Waals surface area contributed by atoms with Crippen molar-refractivity contribution in [3.05, 3.63) is 16.3 Å². The predicted octanol–water partition coefficient (Wildman–Crippen LogP) is 4.03. The number of amides is 2. The Hall–Kier alpha value is -1.61. The summed E-state index contributed by atoms with van der Waals surface area (Å²) in [6.45, 7) is 12.7. The molecule has 9 heteroatoms. The van der Waals surface area contributed by atoms with Crippen LogP contribution in [0, 0.1) is 12.3 Å². The van der Waals surface area contributed by atoms with Gasteiger partial charge in [-0.1, -0.05) is 33.0 Å². The maximum atomic E-state index is 12.9. The minimum absolute atomic E-state index is 0.0347. The highest BCUT2D eigenvalue weighted by Crippen LogP contribution is 2.56. The number of aryl methyl sites for hydroxylation is 1. The second-order valence-corrected chi connectivity index (χ2v) is 16.8. The Morgan fingerprint density at radius 3 is 2.56 bits per heavy atom. The molecule has 0 bridgehead atoms. The highest BCUT2D eigenvalue weighted by molar-refractivity contribution is 6.76. The van der Waals surface area contributed by atoms with Gasteiger partial charge in [0, 0.05) is 33.3 Å². The molecule has 2 N–H and O–H groups in total. The number of urea groups is 1. The SMILES string of the molecule is CCCCNC(=O)NC1CCC2(CC1)CC(n1c(C)nn(COCC[Si](C)(C)C)c1=O)C2. The van der Waals surface area contributed by atoms with E-state index in [1.165, 1.54) is 4.68 Å². The summed E-state index contributed by atoms with van der Waals surface area (Å²) in [7, 11) is -1.14. The molecule has 0 aromatic carbocycles. The number of rotatable bonds is 10. The first kappa shape index (κ1) is 25.0. The molecule has 2 saturated carbocycles. The fourth-order valence-electron chi connectivity index (χ4n) is 5.08. The molecule has 8 nitrogen and oxygen atoms in total. The van der Waals surface area contributed by atoms with E-state index in [1.807, 2.05) is 11.5 Å². The van der Waals surface area contributed by atoms with Crippen LogP contribution in [-0.2, 0) is 11.5 Å². The van der Waals surface area contributed by atoms with Crippen molar-refractivity contribution in [2.45, 2.75) is 110 Å². The van der Waals surface area contributed by atoms with Gasteiger partial charge in [-0.15, -0.1) is 0 Å². The number of aromatic nitrogens is 3. The molecule has 2 aliphatic rings. The lowest BCUT2D eigenvalue weighted by Crippen LogP contribution is -2.49. The maximum absolute atomic E-state index is 12.9. The molecule has 182 valence electrons. The summed E-state index contributed by atoms with van der Waals surface area (Å²) in [4.78, 5) is 24.9. The molecular formula is C23H43N5O3Si. The standard InChI is InChI=1S/C23H43N5O3Si/c1-6-7-12-24-21(29)25-19-8-10-23(11-9-19)15-20(16-23)28-18(2)26-27(22(28)30)17-31-13-14-32(3,4)5/h19-20H,6-17H2,1-5H3,(H2,24,25,29).